The number of rotatable bonds is 6. The van der Waals surface area contributed by atoms with Crippen molar-refractivity contribution in [2.45, 2.75) is 6.54 Å². The number of hydrogen-bond acceptors (Lipinski definition) is 4. The smallest absolute Gasteiger partial charge is 0.336 e. The van der Waals surface area contributed by atoms with E-state index in [4.69, 9.17) is 16.6 Å². The molecule has 0 saturated carbocycles. The average Bonchev–Trinajstić information content (AvgIpc) is 3.16. The van der Waals surface area contributed by atoms with E-state index < -0.39 is 5.97 Å². The summed E-state index contributed by atoms with van der Waals surface area (Å²) < 4.78 is 5.66. The molecule has 0 unspecified atom stereocenters. The Bertz CT molecular complexity index is 967. The molecule has 2 aromatic carbocycles. The van der Waals surface area contributed by atoms with Gasteiger partial charge >= 0.3 is 5.97 Å². The summed E-state index contributed by atoms with van der Waals surface area (Å²) in [6.07, 6.45) is 1.48. The molecule has 6 nitrogen and oxygen atoms in total. The zero-order valence-corrected chi connectivity index (χ0v) is 15.1. The molecule has 0 atom stereocenters. The molecule has 0 radical (unpaired) electrons. The quantitative estimate of drug-likeness (QED) is 0.344. The van der Waals surface area contributed by atoms with Crippen molar-refractivity contribution in [3.8, 4) is 11.3 Å². The molecule has 0 amide bonds. The van der Waals surface area contributed by atoms with Crippen molar-refractivity contribution in [2.24, 2.45) is 5.10 Å². The van der Waals surface area contributed by atoms with Gasteiger partial charge in [-0.3, -0.25) is 5.43 Å². The number of furan rings is 1. The highest BCUT2D eigenvalue weighted by Gasteiger charge is 2.13. The number of hydrazone groups is 1. The van der Waals surface area contributed by atoms with Gasteiger partial charge in [-0.15, -0.1) is 0 Å². The molecule has 1 heterocycles. The molecular weight excluding hydrogens is 362 g/mol. The maximum atomic E-state index is 11.3. The van der Waals surface area contributed by atoms with Gasteiger partial charge in [0.25, 0.3) is 0 Å². The summed E-state index contributed by atoms with van der Waals surface area (Å²) in [4.78, 5) is 11.3. The Morgan fingerprint density at radius 1 is 1.07 bits per heavy atom. The van der Waals surface area contributed by atoms with E-state index in [1.54, 1.807) is 30.3 Å². The van der Waals surface area contributed by atoms with E-state index >= 15 is 0 Å². The van der Waals surface area contributed by atoms with Crippen LogP contribution in [0.25, 0.3) is 11.3 Å². The second kappa shape index (κ2) is 8.77. The van der Waals surface area contributed by atoms with Crippen molar-refractivity contribution >= 4 is 29.5 Å². The van der Waals surface area contributed by atoms with Crippen LogP contribution in [0.15, 0.2) is 76.2 Å². The monoisotopic (exact) mass is 379 g/mol. The van der Waals surface area contributed by atoms with E-state index in [1.807, 2.05) is 30.3 Å². The van der Waals surface area contributed by atoms with Crippen LogP contribution in [-0.2, 0) is 6.54 Å². The molecule has 7 heteroatoms. The van der Waals surface area contributed by atoms with E-state index in [1.165, 1.54) is 12.3 Å². The Morgan fingerprint density at radius 2 is 1.81 bits per heavy atom. The van der Waals surface area contributed by atoms with Crippen LogP contribution in [0, 0.1) is 0 Å². The predicted octanol–water partition coefficient (Wildman–Crippen LogP) is 3.64. The van der Waals surface area contributed by atoms with Gasteiger partial charge in [-0.25, -0.2) is 4.79 Å². The van der Waals surface area contributed by atoms with E-state index in [-0.39, 0.29) is 5.56 Å². The zero-order chi connectivity index (χ0) is 19.1. The minimum Gasteiger partial charge on any atom is -0.478 e. The molecule has 0 aliphatic heterocycles. The lowest BCUT2D eigenvalue weighted by Gasteiger charge is -2.06. The van der Waals surface area contributed by atoms with Crippen LogP contribution in [-0.4, -0.2) is 22.4 Å². The molecular formula is C20H17N3O3S. The Balaban J connectivity index is 1.58. The first-order valence-electron chi connectivity index (χ1n) is 8.17. The van der Waals surface area contributed by atoms with Gasteiger partial charge in [0.15, 0.2) is 5.11 Å². The first kappa shape index (κ1) is 18.3. The summed E-state index contributed by atoms with van der Waals surface area (Å²) in [5.74, 6) is -0.0727. The van der Waals surface area contributed by atoms with Gasteiger partial charge in [0.1, 0.15) is 11.5 Å². The fraction of sp³-hybridized carbons (Fsp3) is 0.0500. The van der Waals surface area contributed by atoms with E-state index in [0.717, 1.165) is 5.56 Å². The van der Waals surface area contributed by atoms with Crippen LogP contribution in [0.1, 0.15) is 21.7 Å². The molecule has 3 aromatic rings. The van der Waals surface area contributed by atoms with E-state index in [2.05, 4.69) is 15.8 Å². The lowest BCUT2D eigenvalue weighted by Crippen LogP contribution is -2.31. The van der Waals surface area contributed by atoms with Gasteiger partial charge in [0.05, 0.1) is 11.8 Å². The van der Waals surface area contributed by atoms with Crippen molar-refractivity contribution in [3.63, 3.8) is 0 Å². The summed E-state index contributed by atoms with van der Waals surface area (Å²) in [5, 5.41) is 16.7. The highest BCUT2D eigenvalue weighted by molar-refractivity contribution is 7.80. The predicted molar refractivity (Wildman–Crippen MR) is 108 cm³/mol. The number of aromatic carboxylic acids is 1. The molecule has 0 fully saturated rings. The molecule has 0 aliphatic rings. The zero-order valence-electron chi connectivity index (χ0n) is 14.3. The maximum absolute atomic E-state index is 11.3. The van der Waals surface area contributed by atoms with Crippen molar-refractivity contribution < 1.29 is 14.3 Å². The maximum Gasteiger partial charge on any atom is 0.336 e. The summed E-state index contributed by atoms with van der Waals surface area (Å²) in [6.45, 7) is 0.596. The van der Waals surface area contributed by atoms with Gasteiger partial charge in [0, 0.05) is 12.1 Å². The molecule has 136 valence electrons. The van der Waals surface area contributed by atoms with Gasteiger partial charge in [-0.05, 0) is 36.0 Å². The lowest BCUT2D eigenvalue weighted by molar-refractivity contribution is 0.0697. The molecule has 3 N–H and O–H groups in total. The van der Waals surface area contributed by atoms with Gasteiger partial charge < -0.3 is 14.8 Å². The molecule has 0 spiro atoms. The standard InChI is InChI=1S/C20H17N3O3S/c24-19(25)17-9-5-4-8-16(17)18-11-10-15(26-18)13-22-23-20(27)21-12-14-6-2-1-3-7-14/h1-11,13H,12H2,(H,24,25)(H2,21,23,27)/b22-13+. The second-order valence-electron chi connectivity index (χ2n) is 5.59. The molecule has 27 heavy (non-hydrogen) atoms. The first-order chi connectivity index (χ1) is 13.1. The summed E-state index contributed by atoms with van der Waals surface area (Å²) in [7, 11) is 0. The van der Waals surface area contributed by atoms with Gasteiger partial charge in [-0.2, -0.15) is 5.10 Å². The van der Waals surface area contributed by atoms with Crippen LogP contribution in [0.3, 0.4) is 0 Å². The Morgan fingerprint density at radius 3 is 2.59 bits per heavy atom. The Labute approximate surface area is 161 Å². The number of carboxylic acid groups (broad SMARTS) is 1. The van der Waals surface area contributed by atoms with E-state index in [0.29, 0.717) is 28.7 Å². The van der Waals surface area contributed by atoms with Crippen LogP contribution < -0.4 is 10.7 Å². The van der Waals surface area contributed by atoms with Crippen molar-refractivity contribution in [2.75, 3.05) is 0 Å². The third-order valence-corrected chi connectivity index (χ3v) is 3.94. The molecule has 0 aliphatic carbocycles. The molecule has 1 aromatic heterocycles. The number of benzene rings is 2. The third kappa shape index (κ3) is 5.02. The number of carbonyl (C=O) groups is 1. The van der Waals surface area contributed by atoms with Crippen LogP contribution >= 0.6 is 12.2 Å². The van der Waals surface area contributed by atoms with E-state index in [9.17, 15) is 9.90 Å². The number of carboxylic acids is 1. The van der Waals surface area contributed by atoms with Crippen molar-refractivity contribution in [3.05, 3.63) is 83.6 Å². The summed E-state index contributed by atoms with van der Waals surface area (Å²) >= 11 is 5.16. The minimum atomic E-state index is -1.01. The summed E-state index contributed by atoms with van der Waals surface area (Å²) in [6, 6.07) is 20.0. The highest BCUT2D eigenvalue weighted by atomic mass is 32.1. The third-order valence-electron chi connectivity index (χ3n) is 3.70. The number of hydrogen-bond donors (Lipinski definition) is 3. The number of nitrogens with zero attached hydrogens (tertiary/aromatic N) is 1. The minimum absolute atomic E-state index is 0.180. The SMILES string of the molecule is O=C(O)c1ccccc1-c1ccc(/C=N/NC(=S)NCc2ccccc2)o1. The van der Waals surface area contributed by atoms with Gasteiger partial charge in [-0.1, -0.05) is 48.5 Å². The number of thiocarbonyl (C=S) groups is 1. The fourth-order valence-corrected chi connectivity index (χ4v) is 2.55. The topological polar surface area (TPSA) is 86.9 Å². The van der Waals surface area contributed by atoms with Gasteiger partial charge in [0.2, 0.25) is 0 Å². The Hall–Kier alpha value is -3.45. The Kier molecular flexibility index (Phi) is 5.96. The fourth-order valence-electron chi connectivity index (χ4n) is 2.42. The first-order valence-corrected chi connectivity index (χ1v) is 8.57. The molecule has 0 bridgehead atoms. The van der Waals surface area contributed by atoms with Crippen LogP contribution in [0.5, 0.6) is 0 Å². The highest BCUT2D eigenvalue weighted by Crippen LogP contribution is 2.25. The average molecular weight is 379 g/mol. The molecule has 0 saturated heterocycles. The molecule has 3 rings (SSSR count). The second-order valence-corrected chi connectivity index (χ2v) is 6.00. The van der Waals surface area contributed by atoms with Crippen LogP contribution in [0.4, 0.5) is 0 Å². The number of nitrogens with one attached hydrogen (secondary N) is 2. The lowest BCUT2D eigenvalue weighted by atomic mass is 10.1. The van der Waals surface area contributed by atoms with Crippen LogP contribution in [0.2, 0.25) is 0 Å². The normalized spacial score (nSPS) is 10.7. The van der Waals surface area contributed by atoms with Crippen molar-refractivity contribution in [1.82, 2.24) is 10.7 Å². The largest absolute Gasteiger partial charge is 0.478 e. The van der Waals surface area contributed by atoms with Crippen molar-refractivity contribution in [1.29, 1.82) is 0 Å². The summed E-state index contributed by atoms with van der Waals surface area (Å²) in [5.41, 5.74) is 4.52.